The number of unbranched alkanes of at least 4 members (excludes halogenated alkanes) is 61. The van der Waals surface area contributed by atoms with Gasteiger partial charge in [0.1, 0.15) is 0 Å². The molecule has 0 saturated heterocycles. The third kappa shape index (κ3) is 73.3. The molecule has 0 heterocycles. The predicted molar refractivity (Wildman–Crippen MR) is 384 cm³/mol. The summed E-state index contributed by atoms with van der Waals surface area (Å²) in [5.74, 6) is -0.00407. The lowest BCUT2D eigenvalue weighted by atomic mass is 10.0. The molecule has 0 aromatic rings. The largest absolute Gasteiger partial charge is 0.466 e. The van der Waals surface area contributed by atoms with Crippen LogP contribution in [0.4, 0.5) is 0 Å². The quantitative estimate of drug-likeness (QED) is 0.0320. The first-order chi connectivity index (χ1) is 43.0. The van der Waals surface area contributed by atoms with Gasteiger partial charge in [0.25, 0.3) is 0 Å². The average Bonchev–Trinajstić information content (AvgIpc) is 3.53. The van der Waals surface area contributed by atoms with E-state index < -0.39 is 12.1 Å². The van der Waals surface area contributed by atoms with Crippen LogP contribution in [-0.2, 0) is 14.3 Å². The SMILES string of the molecule is CCCCCCCCCCCCCCCCCCCC(O)C(CO)NC(=O)CCCCCCCCCCCCCCCCCCC/C=C\C/C=C\CCCCCCCCCCCCCCCCCOC(=O)CCCCCCCCCCCCCCCC. The Morgan fingerprint density at radius 1 is 0.322 bits per heavy atom. The molecule has 0 aliphatic rings. The van der Waals surface area contributed by atoms with Gasteiger partial charge in [0.15, 0.2) is 0 Å². The summed E-state index contributed by atoms with van der Waals surface area (Å²) in [4.78, 5) is 24.6. The second-order valence-corrected chi connectivity index (χ2v) is 27.8. The number of ether oxygens (including phenoxy) is 1. The van der Waals surface area contributed by atoms with Crippen LogP contribution in [-0.4, -0.2) is 47.4 Å². The van der Waals surface area contributed by atoms with E-state index in [4.69, 9.17) is 4.74 Å². The van der Waals surface area contributed by atoms with E-state index in [2.05, 4.69) is 43.5 Å². The molecule has 0 aliphatic heterocycles. The van der Waals surface area contributed by atoms with Crippen molar-refractivity contribution < 1.29 is 24.5 Å². The highest BCUT2D eigenvalue weighted by molar-refractivity contribution is 5.76. The van der Waals surface area contributed by atoms with Crippen LogP contribution in [0, 0.1) is 0 Å². The van der Waals surface area contributed by atoms with Crippen molar-refractivity contribution in [1.29, 1.82) is 0 Å². The Labute approximate surface area is 545 Å². The Bertz CT molecular complexity index is 1360. The monoisotopic (exact) mass is 1220 g/mol. The lowest BCUT2D eigenvalue weighted by molar-refractivity contribution is -0.143. The van der Waals surface area contributed by atoms with Crippen molar-refractivity contribution in [3.63, 3.8) is 0 Å². The molecule has 0 aromatic carbocycles. The van der Waals surface area contributed by atoms with E-state index in [0.29, 0.717) is 25.9 Å². The van der Waals surface area contributed by atoms with Crippen molar-refractivity contribution >= 4 is 11.9 Å². The molecule has 3 N–H and O–H groups in total. The first kappa shape index (κ1) is 85.3. The molecular formula is C81H157NO5. The van der Waals surface area contributed by atoms with Crippen LogP contribution in [0.1, 0.15) is 457 Å². The maximum Gasteiger partial charge on any atom is 0.305 e. The molecule has 0 saturated carbocycles. The van der Waals surface area contributed by atoms with Gasteiger partial charge < -0.3 is 20.3 Å². The van der Waals surface area contributed by atoms with Gasteiger partial charge in [-0.25, -0.2) is 0 Å². The number of carbonyl (C=O) groups excluding carboxylic acids is 2. The molecule has 0 spiro atoms. The van der Waals surface area contributed by atoms with Crippen LogP contribution in [0.2, 0.25) is 0 Å². The van der Waals surface area contributed by atoms with Gasteiger partial charge in [-0.05, 0) is 57.8 Å². The number of aliphatic hydroxyl groups is 2. The number of rotatable bonds is 76. The number of esters is 1. The van der Waals surface area contributed by atoms with E-state index in [1.807, 2.05) is 0 Å². The summed E-state index contributed by atoms with van der Waals surface area (Å²) in [6.45, 7) is 5.01. The van der Waals surface area contributed by atoms with E-state index in [9.17, 15) is 19.8 Å². The van der Waals surface area contributed by atoms with Crippen LogP contribution in [0.25, 0.3) is 0 Å². The fourth-order valence-corrected chi connectivity index (χ4v) is 12.9. The van der Waals surface area contributed by atoms with Crippen molar-refractivity contribution in [1.82, 2.24) is 5.32 Å². The Hall–Kier alpha value is -1.66. The van der Waals surface area contributed by atoms with Gasteiger partial charge >= 0.3 is 5.97 Å². The Morgan fingerprint density at radius 3 is 0.874 bits per heavy atom. The predicted octanol–water partition coefficient (Wildman–Crippen LogP) is 26.4. The molecule has 0 fully saturated rings. The van der Waals surface area contributed by atoms with Gasteiger partial charge in [-0.3, -0.25) is 9.59 Å². The third-order valence-corrected chi connectivity index (χ3v) is 19.0. The zero-order chi connectivity index (χ0) is 62.8. The smallest absolute Gasteiger partial charge is 0.305 e. The number of allylic oxidation sites excluding steroid dienone is 4. The molecule has 0 radical (unpaired) electrons. The minimum Gasteiger partial charge on any atom is -0.466 e. The summed E-state index contributed by atoms with van der Waals surface area (Å²) in [7, 11) is 0. The van der Waals surface area contributed by atoms with Gasteiger partial charge in [0.05, 0.1) is 25.4 Å². The maximum absolute atomic E-state index is 12.5. The van der Waals surface area contributed by atoms with Crippen molar-refractivity contribution in [3.05, 3.63) is 24.3 Å². The topological polar surface area (TPSA) is 95.9 Å². The molecular weight excluding hydrogens is 1070 g/mol. The summed E-state index contributed by atoms with van der Waals surface area (Å²) >= 11 is 0. The van der Waals surface area contributed by atoms with Gasteiger partial charge in [0.2, 0.25) is 5.91 Å². The van der Waals surface area contributed by atoms with Crippen LogP contribution < -0.4 is 5.32 Å². The molecule has 87 heavy (non-hydrogen) atoms. The molecule has 0 aliphatic carbocycles. The molecule has 1 amide bonds. The van der Waals surface area contributed by atoms with Gasteiger partial charge in [0, 0.05) is 12.8 Å². The summed E-state index contributed by atoms with van der Waals surface area (Å²) in [5, 5.41) is 23.4. The first-order valence-electron chi connectivity index (χ1n) is 40.1. The Balaban J connectivity index is 3.34. The van der Waals surface area contributed by atoms with E-state index in [-0.39, 0.29) is 18.5 Å². The average molecular weight is 1230 g/mol. The van der Waals surface area contributed by atoms with Crippen molar-refractivity contribution in [3.8, 4) is 0 Å². The summed E-state index contributed by atoms with van der Waals surface area (Å²) in [6.07, 6.45) is 98.5. The van der Waals surface area contributed by atoms with E-state index in [1.54, 1.807) is 0 Å². The van der Waals surface area contributed by atoms with E-state index in [1.165, 1.54) is 379 Å². The standard InChI is InChI=1S/C81H157NO5/c1-3-5-7-9-11-13-15-17-19-43-46-49-53-57-61-65-69-73-79(84)78(77-83)82-80(85)74-70-66-62-58-54-50-47-44-41-39-37-35-33-31-29-27-25-23-21-20-22-24-26-28-30-32-34-36-38-40-42-45-48-52-56-60-64-68-72-76-87-81(86)75-71-67-63-59-55-51-18-16-14-12-10-8-6-4-2/h20-21,24,26,78-79,83-84H,3-19,22-23,25,27-77H2,1-2H3,(H,82,85)/b21-20-,26-24-. The molecule has 2 unspecified atom stereocenters. The van der Waals surface area contributed by atoms with Gasteiger partial charge in [-0.15, -0.1) is 0 Å². The second-order valence-electron chi connectivity index (χ2n) is 27.8. The molecule has 6 heteroatoms. The van der Waals surface area contributed by atoms with Crippen LogP contribution in [0.15, 0.2) is 24.3 Å². The number of carbonyl (C=O) groups is 2. The molecule has 2 atom stereocenters. The molecule has 0 rings (SSSR count). The Kier molecular flexibility index (Phi) is 75.3. The minimum absolute atomic E-state index is 0.0235. The van der Waals surface area contributed by atoms with Crippen LogP contribution >= 0.6 is 0 Å². The number of nitrogens with one attached hydrogen (secondary N) is 1. The zero-order valence-electron chi connectivity index (χ0n) is 59.3. The first-order valence-corrected chi connectivity index (χ1v) is 40.1. The highest BCUT2D eigenvalue weighted by Crippen LogP contribution is 2.20. The second kappa shape index (κ2) is 76.8. The normalized spacial score (nSPS) is 12.6. The summed E-state index contributed by atoms with van der Waals surface area (Å²) < 4.78 is 5.50. The fourth-order valence-electron chi connectivity index (χ4n) is 12.9. The Morgan fingerprint density at radius 2 is 0.575 bits per heavy atom. The molecule has 6 nitrogen and oxygen atoms in total. The number of hydrogen-bond acceptors (Lipinski definition) is 5. The van der Waals surface area contributed by atoms with Gasteiger partial charge in [-0.2, -0.15) is 0 Å². The number of aliphatic hydroxyl groups excluding tert-OH is 2. The fraction of sp³-hybridized carbons (Fsp3) is 0.926. The molecule has 516 valence electrons. The third-order valence-electron chi connectivity index (χ3n) is 19.0. The van der Waals surface area contributed by atoms with Crippen molar-refractivity contribution in [2.45, 2.75) is 469 Å². The van der Waals surface area contributed by atoms with Crippen LogP contribution in [0.3, 0.4) is 0 Å². The minimum atomic E-state index is -0.662. The van der Waals surface area contributed by atoms with Crippen molar-refractivity contribution in [2.75, 3.05) is 13.2 Å². The van der Waals surface area contributed by atoms with Crippen molar-refractivity contribution in [2.24, 2.45) is 0 Å². The summed E-state index contributed by atoms with van der Waals surface area (Å²) in [5.41, 5.74) is 0. The maximum atomic E-state index is 12.5. The highest BCUT2D eigenvalue weighted by Gasteiger charge is 2.20. The lowest BCUT2D eigenvalue weighted by Crippen LogP contribution is -2.45. The zero-order valence-corrected chi connectivity index (χ0v) is 59.3. The van der Waals surface area contributed by atoms with E-state index in [0.717, 1.165) is 44.9 Å². The molecule has 0 bridgehead atoms. The summed E-state index contributed by atoms with van der Waals surface area (Å²) in [6, 6.07) is -0.539. The molecule has 0 aromatic heterocycles. The lowest BCUT2D eigenvalue weighted by Gasteiger charge is -2.22. The number of amides is 1. The van der Waals surface area contributed by atoms with E-state index >= 15 is 0 Å². The van der Waals surface area contributed by atoms with Gasteiger partial charge in [-0.1, -0.05) is 411 Å². The van der Waals surface area contributed by atoms with Crippen LogP contribution in [0.5, 0.6) is 0 Å². The number of hydrogen-bond donors (Lipinski definition) is 3. The highest BCUT2D eigenvalue weighted by atomic mass is 16.5.